The topological polar surface area (TPSA) is 18.5 Å². The number of rotatable bonds is 0. The molecule has 0 atom stereocenters. The van der Waals surface area contributed by atoms with Crippen molar-refractivity contribution in [3.63, 3.8) is 0 Å². The second-order valence-corrected chi connectivity index (χ2v) is 3.18. The van der Waals surface area contributed by atoms with Crippen molar-refractivity contribution >= 4 is 0 Å². The fraction of sp³-hybridized carbons (Fsp3) is 0.778. The van der Waals surface area contributed by atoms with Gasteiger partial charge in [-0.1, -0.05) is 12.2 Å². The highest BCUT2D eigenvalue weighted by Gasteiger charge is 2.35. The van der Waals surface area contributed by atoms with E-state index in [4.69, 9.17) is 9.47 Å². The predicted molar refractivity (Wildman–Crippen MR) is 42.2 cm³/mol. The molecule has 1 aliphatic heterocycles. The van der Waals surface area contributed by atoms with E-state index in [1.165, 1.54) is 12.8 Å². The average Bonchev–Trinajstić information content (AvgIpc) is 2.32. The van der Waals surface area contributed by atoms with Gasteiger partial charge < -0.3 is 9.47 Å². The third kappa shape index (κ3) is 1.47. The molecule has 0 aromatic carbocycles. The maximum atomic E-state index is 5.59. The molecule has 0 N–H and O–H groups in total. The van der Waals surface area contributed by atoms with E-state index in [9.17, 15) is 0 Å². The first-order valence-electron chi connectivity index (χ1n) is 4.34. The SMILES string of the molecule is C1=CCC2(CCC1)OCCO2. The molecule has 2 aliphatic rings. The summed E-state index contributed by atoms with van der Waals surface area (Å²) in [5.74, 6) is -0.229. The maximum absolute atomic E-state index is 5.59. The lowest BCUT2D eigenvalue weighted by Gasteiger charge is -2.24. The lowest BCUT2D eigenvalue weighted by molar-refractivity contribution is -0.158. The van der Waals surface area contributed by atoms with Crippen LogP contribution in [0.1, 0.15) is 25.7 Å². The van der Waals surface area contributed by atoms with Crippen LogP contribution < -0.4 is 0 Å². The molecular formula is C9H14O2. The quantitative estimate of drug-likeness (QED) is 0.496. The van der Waals surface area contributed by atoms with E-state index in [1.807, 2.05) is 0 Å². The van der Waals surface area contributed by atoms with Gasteiger partial charge >= 0.3 is 0 Å². The first kappa shape index (κ1) is 7.32. The van der Waals surface area contributed by atoms with Crippen LogP contribution in [0.5, 0.6) is 0 Å². The van der Waals surface area contributed by atoms with Crippen LogP contribution in [0.4, 0.5) is 0 Å². The molecule has 0 radical (unpaired) electrons. The number of ether oxygens (including phenoxy) is 2. The summed E-state index contributed by atoms with van der Waals surface area (Å²) in [5.41, 5.74) is 0. The molecule has 0 unspecified atom stereocenters. The molecule has 2 nitrogen and oxygen atoms in total. The Labute approximate surface area is 67.2 Å². The van der Waals surface area contributed by atoms with Crippen molar-refractivity contribution in [2.45, 2.75) is 31.5 Å². The minimum Gasteiger partial charge on any atom is -0.347 e. The van der Waals surface area contributed by atoms with Crippen LogP contribution in [0.2, 0.25) is 0 Å². The highest BCUT2D eigenvalue weighted by molar-refractivity contribution is 4.93. The van der Waals surface area contributed by atoms with Gasteiger partial charge in [-0.25, -0.2) is 0 Å². The molecule has 0 amide bonds. The van der Waals surface area contributed by atoms with Crippen LogP contribution in [-0.2, 0) is 9.47 Å². The second kappa shape index (κ2) is 2.95. The monoisotopic (exact) mass is 154 g/mol. The van der Waals surface area contributed by atoms with Crippen LogP contribution >= 0.6 is 0 Å². The van der Waals surface area contributed by atoms with E-state index in [0.717, 1.165) is 26.1 Å². The van der Waals surface area contributed by atoms with Crippen molar-refractivity contribution in [2.24, 2.45) is 0 Å². The predicted octanol–water partition coefficient (Wildman–Crippen LogP) is 1.86. The Morgan fingerprint density at radius 3 is 2.73 bits per heavy atom. The van der Waals surface area contributed by atoms with Crippen molar-refractivity contribution in [2.75, 3.05) is 13.2 Å². The fourth-order valence-electron chi connectivity index (χ4n) is 1.73. The number of hydrogen-bond acceptors (Lipinski definition) is 2. The largest absolute Gasteiger partial charge is 0.347 e. The van der Waals surface area contributed by atoms with E-state index in [-0.39, 0.29) is 5.79 Å². The summed E-state index contributed by atoms with van der Waals surface area (Å²) in [4.78, 5) is 0. The molecule has 0 aromatic rings. The summed E-state index contributed by atoms with van der Waals surface area (Å²) >= 11 is 0. The molecule has 0 bridgehead atoms. The summed E-state index contributed by atoms with van der Waals surface area (Å²) < 4.78 is 11.2. The Morgan fingerprint density at radius 2 is 1.91 bits per heavy atom. The van der Waals surface area contributed by atoms with Crippen molar-refractivity contribution in [3.05, 3.63) is 12.2 Å². The van der Waals surface area contributed by atoms with Gasteiger partial charge in [0.1, 0.15) is 0 Å². The van der Waals surface area contributed by atoms with E-state index in [2.05, 4.69) is 12.2 Å². The van der Waals surface area contributed by atoms with E-state index >= 15 is 0 Å². The van der Waals surface area contributed by atoms with Crippen molar-refractivity contribution in [3.8, 4) is 0 Å². The lowest BCUT2D eigenvalue weighted by atomic mass is 10.1. The fourth-order valence-corrected chi connectivity index (χ4v) is 1.73. The zero-order valence-electron chi connectivity index (χ0n) is 6.71. The highest BCUT2D eigenvalue weighted by Crippen LogP contribution is 2.31. The van der Waals surface area contributed by atoms with Crippen molar-refractivity contribution < 1.29 is 9.47 Å². The first-order chi connectivity index (χ1) is 5.41. The molecule has 1 saturated heterocycles. The van der Waals surface area contributed by atoms with Gasteiger partial charge in [-0.05, 0) is 12.8 Å². The highest BCUT2D eigenvalue weighted by atomic mass is 16.7. The molecule has 1 spiro atoms. The van der Waals surface area contributed by atoms with Gasteiger partial charge in [-0.3, -0.25) is 0 Å². The lowest BCUT2D eigenvalue weighted by Crippen LogP contribution is -2.28. The van der Waals surface area contributed by atoms with Gasteiger partial charge in [-0.2, -0.15) is 0 Å². The van der Waals surface area contributed by atoms with Crippen molar-refractivity contribution in [1.82, 2.24) is 0 Å². The molecule has 0 saturated carbocycles. The zero-order valence-corrected chi connectivity index (χ0v) is 6.71. The summed E-state index contributed by atoms with van der Waals surface area (Å²) in [6.45, 7) is 1.54. The van der Waals surface area contributed by atoms with Gasteiger partial charge in [0.2, 0.25) is 0 Å². The summed E-state index contributed by atoms with van der Waals surface area (Å²) in [6.07, 6.45) is 8.76. The van der Waals surface area contributed by atoms with Crippen LogP contribution in [0.3, 0.4) is 0 Å². The molecular weight excluding hydrogens is 140 g/mol. The smallest absolute Gasteiger partial charge is 0.171 e. The van der Waals surface area contributed by atoms with Gasteiger partial charge in [0.05, 0.1) is 13.2 Å². The molecule has 1 fully saturated rings. The second-order valence-electron chi connectivity index (χ2n) is 3.18. The molecule has 2 heteroatoms. The Balaban J connectivity index is 2.04. The van der Waals surface area contributed by atoms with Crippen LogP contribution in [0.25, 0.3) is 0 Å². The Morgan fingerprint density at radius 1 is 1.09 bits per heavy atom. The Bertz CT molecular complexity index is 157. The van der Waals surface area contributed by atoms with Crippen LogP contribution in [0, 0.1) is 0 Å². The number of allylic oxidation sites excluding steroid dienone is 1. The maximum Gasteiger partial charge on any atom is 0.171 e. The third-order valence-electron chi connectivity index (χ3n) is 2.34. The van der Waals surface area contributed by atoms with E-state index in [0.29, 0.717) is 0 Å². The average molecular weight is 154 g/mol. The van der Waals surface area contributed by atoms with Crippen LogP contribution in [0.15, 0.2) is 12.2 Å². The van der Waals surface area contributed by atoms with Gasteiger partial charge in [-0.15, -0.1) is 0 Å². The summed E-state index contributed by atoms with van der Waals surface area (Å²) in [5, 5.41) is 0. The first-order valence-corrected chi connectivity index (χ1v) is 4.34. The molecule has 1 heterocycles. The third-order valence-corrected chi connectivity index (χ3v) is 2.34. The zero-order chi connectivity index (χ0) is 7.57. The summed E-state index contributed by atoms with van der Waals surface area (Å²) in [6, 6.07) is 0. The minimum atomic E-state index is -0.229. The van der Waals surface area contributed by atoms with Gasteiger partial charge in [0, 0.05) is 12.8 Å². The standard InChI is InChI=1S/C9H14O2/c1-2-4-6-9(5-3-1)10-7-8-11-9/h1,3H,2,4-8H2. The van der Waals surface area contributed by atoms with E-state index in [1.54, 1.807) is 0 Å². The molecule has 11 heavy (non-hydrogen) atoms. The van der Waals surface area contributed by atoms with Crippen LogP contribution in [-0.4, -0.2) is 19.0 Å². The van der Waals surface area contributed by atoms with Gasteiger partial charge in [0.25, 0.3) is 0 Å². The van der Waals surface area contributed by atoms with E-state index < -0.39 is 0 Å². The summed E-state index contributed by atoms with van der Waals surface area (Å²) in [7, 11) is 0. The van der Waals surface area contributed by atoms with Crippen molar-refractivity contribution in [1.29, 1.82) is 0 Å². The Hall–Kier alpha value is -0.340. The molecule has 2 rings (SSSR count). The number of hydrogen-bond donors (Lipinski definition) is 0. The molecule has 1 aliphatic carbocycles. The minimum absolute atomic E-state index is 0.229. The molecule has 0 aromatic heterocycles. The molecule has 62 valence electrons. The van der Waals surface area contributed by atoms with Gasteiger partial charge in [0.15, 0.2) is 5.79 Å². The normalized spacial score (nSPS) is 29.1. The Kier molecular flexibility index (Phi) is 1.96.